The van der Waals surface area contributed by atoms with Crippen molar-refractivity contribution < 1.29 is 4.42 Å². The van der Waals surface area contributed by atoms with Crippen molar-refractivity contribution in [2.75, 3.05) is 26.0 Å². The van der Waals surface area contributed by atoms with E-state index >= 15 is 0 Å². The molecule has 0 fully saturated rings. The largest absolute Gasteiger partial charge is 0.468 e. The minimum Gasteiger partial charge on any atom is -0.468 e. The normalized spacial score (nSPS) is 12.2. The minimum absolute atomic E-state index is 0.127. The van der Waals surface area contributed by atoms with E-state index in [9.17, 15) is 0 Å². The van der Waals surface area contributed by atoms with E-state index in [0.29, 0.717) is 11.7 Å². The van der Waals surface area contributed by atoms with Gasteiger partial charge in [-0.15, -0.1) is 0 Å². The molecule has 1 heterocycles. The fourth-order valence-electron chi connectivity index (χ4n) is 1.95. The van der Waals surface area contributed by atoms with Crippen LogP contribution in [0.15, 0.2) is 51.6 Å². The summed E-state index contributed by atoms with van der Waals surface area (Å²) in [5, 5.41) is 6.98. The van der Waals surface area contributed by atoms with Gasteiger partial charge in [0.05, 0.1) is 12.3 Å². The SMILES string of the molecule is CN(C)[C@H](CNC(=S)Nc1cccc(Br)c1)c1ccco1. The summed E-state index contributed by atoms with van der Waals surface area (Å²) >= 11 is 8.76. The number of furan rings is 1. The molecule has 0 unspecified atom stereocenters. The fourth-order valence-corrected chi connectivity index (χ4v) is 2.55. The fraction of sp³-hybridized carbons (Fsp3) is 0.267. The summed E-state index contributed by atoms with van der Waals surface area (Å²) in [4.78, 5) is 2.09. The lowest BCUT2D eigenvalue weighted by Gasteiger charge is -2.23. The van der Waals surface area contributed by atoms with Crippen molar-refractivity contribution in [3.05, 3.63) is 52.9 Å². The van der Waals surface area contributed by atoms with Crippen LogP contribution in [-0.2, 0) is 0 Å². The van der Waals surface area contributed by atoms with E-state index in [1.54, 1.807) is 6.26 Å². The van der Waals surface area contributed by atoms with Gasteiger partial charge in [0.2, 0.25) is 0 Å². The van der Waals surface area contributed by atoms with Crippen molar-refractivity contribution in [2.24, 2.45) is 0 Å². The number of thiocarbonyl (C=S) groups is 1. The Morgan fingerprint density at radius 2 is 2.14 bits per heavy atom. The quantitative estimate of drug-likeness (QED) is 0.789. The standard InChI is InChI=1S/C15H18BrN3OS/c1-19(2)13(14-7-4-8-20-14)10-17-15(21)18-12-6-3-5-11(16)9-12/h3-9,13H,10H2,1-2H3,(H2,17,18,21)/t13-/m1/s1. The van der Waals surface area contributed by atoms with E-state index in [0.717, 1.165) is 15.9 Å². The van der Waals surface area contributed by atoms with Gasteiger partial charge in [0, 0.05) is 16.7 Å². The van der Waals surface area contributed by atoms with Crippen molar-refractivity contribution >= 4 is 38.9 Å². The Morgan fingerprint density at radius 3 is 2.76 bits per heavy atom. The minimum atomic E-state index is 0.127. The van der Waals surface area contributed by atoms with E-state index in [1.807, 2.05) is 50.5 Å². The molecule has 4 nitrogen and oxygen atoms in total. The molecular weight excluding hydrogens is 350 g/mol. The highest BCUT2D eigenvalue weighted by atomic mass is 79.9. The van der Waals surface area contributed by atoms with Crippen LogP contribution in [-0.4, -0.2) is 30.7 Å². The van der Waals surface area contributed by atoms with Gasteiger partial charge in [0.25, 0.3) is 0 Å². The number of nitrogens with zero attached hydrogens (tertiary/aromatic N) is 1. The van der Waals surface area contributed by atoms with Crippen LogP contribution in [0, 0.1) is 0 Å². The van der Waals surface area contributed by atoms with E-state index in [-0.39, 0.29) is 6.04 Å². The first-order valence-corrected chi connectivity index (χ1v) is 7.76. The third-order valence-corrected chi connectivity index (χ3v) is 3.77. The van der Waals surface area contributed by atoms with Crippen molar-refractivity contribution in [2.45, 2.75) is 6.04 Å². The first-order chi connectivity index (χ1) is 10.1. The van der Waals surface area contributed by atoms with Crippen molar-refractivity contribution in [1.29, 1.82) is 0 Å². The molecule has 1 aromatic heterocycles. The number of anilines is 1. The van der Waals surface area contributed by atoms with Gasteiger partial charge in [0.15, 0.2) is 5.11 Å². The van der Waals surface area contributed by atoms with Crippen LogP contribution >= 0.6 is 28.1 Å². The lowest BCUT2D eigenvalue weighted by molar-refractivity contribution is 0.259. The Morgan fingerprint density at radius 1 is 1.33 bits per heavy atom. The van der Waals surface area contributed by atoms with Crippen molar-refractivity contribution in [1.82, 2.24) is 10.2 Å². The topological polar surface area (TPSA) is 40.4 Å². The molecule has 2 aromatic rings. The molecule has 2 rings (SSSR count). The molecule has 0 aliphatic carbocycles. The maximum absolute atomic E-state index is 5.47. The molecule has 0 amide bonds. The third kappa shape index (κ3) is 4.84. The highest BCUT2D eigenvalue weighted by molar-refractivity contribution is 9.10. The van der Waals surface area contributed by atoms with Crippen LogP contribution in [0.3, 0.4) is 0 Å². The van der Waals surface area contributed by atoms with Gasteiger partial charge in [-0.2, -0.15) is 0 Å². The Bertz CT molecular complexity index is 586. The molecule has 1 atom stereocenters. The van der Waals surface area contributed by atoms with Crippen molar-refractivity contribution in [3.8, 4) is 0 Å². The molecule has 0 saturated carbocycles. The van der Waals surface area contributed by atoms with Crippen LogP contribution in [0.2, 0.25) is 0 Å². The lowest BCUT2D eigenvalue weighted by atomic mass is 10.2. The number of likely N-dealkylation sites (N-methyl/N-ethyl adjacent to an activating group) is 1. The average molecular weight is 368 g/mol. The van der Waals surface area contributed by atoms with E-state index in [4.69, 9.17) is 16.6 Å². The van der Waals surface area contributed by atoms with Crippen LogP contribution in [0.5, 0.6) is 0 Å². The molecule has 0 aliphatic rings. The summed E-state index contributed by atoms with van der Waals surface area (Å²) < 4.78 is 6.48. The molecule has 1 aromatic carbocycles. The zero-order chi connectivity index (χ0) is 15.2. The van der Waals surface area contributed by atoms with Crippen LogP contribution < -0.4 is 10.6 Å². The Hall–Kier alpha value is -1.37. The molecule has 0 bridgehead atoms. The monoisotopic (exact) mass is 367 g/mol. The lowest BCUT2D eigenvalue weighted by Crippen LogP contribution is -2.36. The number of benzene rings is 1. The summed E-state index contributed by atoms with van der Waals surface area (Å²) in [5.74, 6) is 0.915. The van der Waals surface area contributed by atoms with Gasteiger partial charge < -0.3 is 15.1 Å². The maximum Gasteiger partial charge on any atom is 0.170 e. The summed E-state index contributed by atoms with van der Waals surface area (Å²) in [6, 6.07) is 11.9. The zero-order valence-corrected chi connectivity index (χ0v) is 14.4. The summed E-state index contributed by atoms with van der Waals surface area (Å²) in [6.07, 6.45) is 1.68. The number of hydrogen-bond donors (Lipinski definition) is 2. The predicted octanol–water partition coefficient (Wildman–Crippen LogP) is 3.63. The second-order valence-corrected chi connectivity index (χ2v) is 6.16. The second-order valence-electron chi connectivity index (χ2n) is 4.84. The summed E-state index contributed by atoms with van der Waals surface area (Å²) in [6.45, 7) is 0.667. The summed E-state index contributed by atoms with van der Waals surface area (Å²) in [7, 11) is 4.03. The molecule has 0 radical (unpaired) electrons. The molecule has 21 heavy (non-hydrogen) atoms. The van der Waals surface area contributed by atoms with Crippen LogP contribution in [0.1, 0.15) is 11.8 Å². The zero-order valence-electron chi connectivity index (χ0n) is 12.0. The van der Waals surface area contributed by atoms with Gasteiger partial charge in [-0.1, -0.05) is 22.0 Å². The highest BCUT2D eigenvalue weighted by Crippen LogP contribution is 2.18. The predicted molar refractivity (Wildman–Crippen MR) is 93.5 cm³/mol. The van der Waals surface area contributed by atoms with Crippen LogP contribution in [0.4, 0.5) is 5.69 Å². The Balaban J connectivity index is 1.90. The average Bonchev–Trinajstić information content (AvgIpc) is 2.92. The number of nitrogens with one attached hydrogen (secondary N) is 2. The van der Waals surface area contributed by atoms with Crippen molar-refractivity contribution in [3.63, 3.8) is 0 Å². The first kappa shape index (κ1) is 16.0. The smallest absolute Gasteiger partial charge is 0.170 e. The highest BCUT2D eigenvalue weighted by Gasteiger charge is 2.16. The molecule has 2 N–H and O–H groups in total. The van der Waals surface area contributed by atoms with E-state index < -0.39 is 0 Å². The van der Waals surface area contributed by atoms with Gasteiger partial charge >= 0.3 is 0 Å². The van der Waals surface area contributed by atoms with Gasteiger partial charge in [-0.05, 0) is 56.6 Å². The maximum atomic E-state index is 5.47. The molecule has 112 valence electrons. The molecule has 0 saturated heterocycles. The number of rotatable bonds is 5. The molecule has 6 heteroatoms. The number of halogens is 1. The number of hydrogen-bond acceptors (Lipinski definition) is 3. The van der Waals surface area contributed by atoms with Gasteiger partial charge in [-0.25, -0.2) is 0 Å². The second kappa shape index (κ2) is 7.59. The first-order valence-electron chi connectivity index (χ1n) is 6.56. The summed E-state index contributed by atoms with van der Waals surface area (Å²) in [5.41, 5.74) is 0.946. The molecular formula is C15H18BrN3OS. The molecule has 0 aliphatic heterocycles. The van der Waals surface area contributed by atoms with Crippen LogP contribution in [0.25, 0.3) is 0 Å². The molecule has 0 spiro atoms. The van der Waals surface area contributed by atoms with Gasteiger partial charge in [-0.3, -0.25) is 4.90 Å². The van der Waals surface area contributed by atoms with E-state index in [1.165, 1.54) is 0 Å². The van der Waals surface area contributed by atoms with E-state index in [2.05, 4.69) is 31.5 Å². The Kier molecular flexibility index (Phi) is 5.78. The third-order valence-electron chi connectivity index (χ3n) is 3.03. The van der Waals surface area contributed by atoms with Gasteiger partial charge in [0.1, 0.15) is 5.76 Å². The Labute approximate surface area is 138 Å².